The number of fused-ring (bicyclic) bond motifs is 1. The summed E-state index contributed by atoms with van der Waals surface area (Å²) in [5, 5.41) is 1.01. The molecule has 2 aliphatic rings. The molecule has 0 unspecified atom stereocenters. The summed E-state index contributed by atoms with van der Waals surface area (Å²) in [5.41, 5.74) is 13.5. The number of benzene rings is 1. The van der Waals surface area contributed by atoms with E-state index < -0.39 is 5.66 Å². The number of aromatic nitrogens is 1. The summed E-state index contributed by atoms with van der Waals surface area (Å²) < 4.78 is 5.31. The van der Waals surface area contributed by atoms with E-state index in [4.69, 9.17) is 21.2 Å². The van der Waals surface area contributed by atoms with Gasteiger partial charge in [-0.25, -0.2) is 9.98 Å². The molecule has 1 saturated carbocycles. The summed E-state index contributed by atoms with van der Waals surface area (Å²) in [6.07, 6.45) is 5.16. The van der Waals surface area contributed by atoms with Gasteiger partial charge in [-0.05, 0) is 37.8 Å². The van der Waals surface area contributed by atoms with Gasteiger partial charge in [0.05, 0.1) is 18.3 Å². The van der Waals surface area contributed by atoms with Crippen LogP contribution in [0.15, 0.2) is 40.3 Å². The Bertz CT molecular complexity index is 869. The Hall–Kier alpha value is -2.83. The van der Waals surface area contributed by atoms with Crippen LogP contribution >= 0.6 is 0 Å². The normalized spacial score (nSPS) is 19.6. The van der Waals surface area contributed by atoms with Crippen molar-refractivity contribution in [1.82, 2.24) is 4.98 Å². The molecule has 1 aliphatic carbocycles. The molecule has 0 radical (unpaired) electrons. The molecular weight excluding hydrogens is 316 g/mol. The highest BCUT2D eigenvalue weighted by molar-refractivity contribution is 6.09. The van der Waals surface area contributed by atoms with Gasteiger partial charge in [0, 0.05) is 11.5 Å². The summed E-state index contributed by atoms with van der Waals surface area (Å²) >= 11 is 0. The molecule has 1 aliphatic heterocycles. The largest absolute Gasteiger partial charge is 0.481 e. The molecular formula is C18H22N6O. The minimum atomic E-state index is -0.479. The van der Waals surface area contributed by atoms with Gasteiger partial charge in [-0.15, -0.1) is 0 Å². The smallest absolute Gasteiger partial charge is 0.220 e. The second-order valence-electron chi connectivity index (χ2n) is 6.52. The molecule has 1 spiro atoms. The Kier molecular flexibility index (Phi) is 3.71. The van der Waals surface area contributed by atoms with Crippen LogP contribution in [0.25, 0.3) is 10.9 Å². The number of aliphatic imine (C=N–C) groups is 2. The summed E-state index contributed by atoms with van der Waals surface area (Å²) in [6, 6.07) is 9.87. The van der Waals surface area contributed by atoms with Gasteiger partial charge in [0.2, 0.25) is 17.8 Å². The number of pyridine rings is 1. The van der Waals surface area contributed by atoms with Gasteiger partial charge >= 0.3 is 0 Å². The van der Waals surface area contributed by atoms with Gasteiger partial charge in [0.1, 0.15) is 5.66 Å². The highest BCUT2D eigenvalue weighted by Crippen LogP contribution is 2.41. The van der Waals surface area contributed by atoms with E-state index in [1.807, 2.05) is 35.2 Å². The minimum Gasteiger partial charge on any atom is -0.481 e. The number of rotatable bonds is 2. The second-order valence-corrected chi connectivity index (χ2v) is 6.52. The van der Waals surface area contributed by atoms with Crippen molar-refractivity contribution in [1.29, 1.82) is 0 Å². The topological polar surface area (TPSA) is 102 Å². The number of guanidine groups is 2. The molecule has 4 rings (SSSR count). The van der Waals surface area contributed by atoms with Gasteiger partial charge in [0.25, 0.3) is 0 Å². The molecule has 130 valence electrons. The molecule has 7 nitrogen and oxygen atoms in total. The summed E-state index contributed by atoms with van der Waals surface area (Å²) in [7, 11) is 1.61. The number of ether oxygens (including phenoxy) is 1. The lowest BCUT2D eigenvalue weighted by Gasteiger charge is -2.45. The van der Waals surface area contributed by atoms with Crippen LogP contribution in [0.1, 0.15) is 32.1 Å². The number of para-hydroxylation sites is 1. The number of anilines is 1. The zero-order valence-electron chi connectivity index (χ0n) is 14.3. The van der Waals surface area contributed by atoms with Crippen LogP contribution < -0.4 is 21.1 Å². The molecule has 1 aromatic carbocycles. The van der Waals surface area contributed by atoms with Gasteiger partial charge in [-0.1, -0.05) is 18.6 Å². The van der Waals surface area contributed by atoms with Crippen molar-refractivity contribution in [2.45, 2.75) is 37.8 Å². The zero-order valence-corrected chi connectivity index (χ0v) is 14.3. The van der Waals surface area contributed by atoms with E-state index in [9.17, 15) is 0 Å². The van der Waals surface area contributed by atoms with E-state index in [0.717, 1.165) is 42.3 Å². The maximum Gasteiger partial charge on any atom is 0.220 e. The predicted octanol–water partition coefficient (Wildman–Crippen LogP) is 2.35. The molecule has 25 heavy (non-hydrogen) atoms. The SMILES string of the molecule is COc1ccc2cccc(N3C(N)=NC(N)=NC34CCCCC4)c2n1. The Morgan fingerprint density at radius 1 is 1.08 bits per heavy atom. The number of methoxy groups -OCH3 is 1. The molecule has 4 N–H and O–H groups in total. The Morgan fingerprint density at radius 2 is 1.88 bits per heavy atom. The van der Waals surface area contributed by atoms with E-state index in [1.165, 1.54) is 6.42 Å². The first-order chi connectivity index (χ1) is 12.1. The average molecular weight is 338 g/mol. The lowest BCUT2D eigenvalue weighted by atomic mass is 9.87. The van der Waals surface area contributed by atoms with Crippen molar-refractivity contribution in [2.75, 3.05) is 12.0 Å². The number of nitrogens with two attached hydrogens (primary N) is 2. The number of nitrogens with zero attached hydrogens (tertiary/aromatic N) is 4. The third kappa shape index (κ3) is 2.56. The molecule has 2 aromatic rings. The van der Waals surface area contributed by atoms with Crippen LogP contribution in [0.3, 0.4) is 0 Å². The molecule has 0 atom stereocenters. The van der Waals surface area contributed by atoms with Crippen LogP contribution in [-0.4, -0.2) is 29.7 Å². The first kappa shape index (κ1) is 15.7. The summed E-state index contributed by atoms with van der Waals surface area (Å²) in [6.45, 7) is 0. The third-order valence-corrected chi connectivity index (χ3v) is 4.97. The molecule has 1 fully saturated rings. The Labute approximate surface area is 146 Å². The fraction of sp³-hybridized carbons (Fsp3) is 0.389. The van der Waals surface area contributed by atoms with Crippen molar-refractivity contribution in [3.8, 4) is 5.88 Å². The molecule has 2 heterocycles. The van der Waals surface area contributed by atoms with Crippen molar-refractivity contribution >= 4 is 28.5 Å². The van der Waals surface area contributed by atoms with Crippen molar-refractivity contribution in [3.63, 3.8) is 0 Å². The zero-order chi connectivity index (χ0) is 17.4. The lowest BCUT2D eigenvalue weighted by Crippen LogP contribution is -2.58. The molecule has 0 saturated heterocycles. The Morgan fingerprint density at radius 3 is 2.64 bits per heavy atom. The maximum atomic E-state index is 6.32. The standard InChI is InChI=1S/C18H22N6O/c1-25-14-9-8-12-6-5-7-13(15(12)21-14)24-17(20)22-16(19)23-18(24)10-3-2-4-11-18/h5-9H,2-4,10-11H2,1H3,(H4,19,20,22,23). The molecule has 7 heteroatoms. The van der Waals surface area contributed by atoms with Crippen LogP contribution in [0.5, 0.6) is 5.88 Å². The van der Waals surface area contributed by atoms with Crippen molar-refractivity contribution < 1.29 is 4.74 Å². The summed E-state index contributed by atoms with van der Waals surface area (Å²) in [5.74, 6) is 1.18. The van der Waals surface area contributed by atoms with Crippen molar-refractivity contribution in [2.24, 2.45) is 21.5 Å². The van der Waals surface area contributed by atoms with Crippen LogP contribution in [0.2, 0.25) is 0 Å². The molecule has 0 amide bonds. The van der Waals surface area contributed by atoms with Crippen LogP contribution in [0.4, 0.5) is 5.69 Å². The van der Waals surface area contributed by atoms with E-state index in [2.05, 4.69) is 9.98 Å². The van der Waals surface area contributed by atoms with Gasteiger partial charge in [0.15, 0.2) is 0 Å². The fourth-order valence-corrected chi connectivity index (χ4v) is 3.88. The van der Waals surface area contributed by atoms with E-state index >= 15 is 0 Å². The number of hydrogen-bond acceptors (Lipinski definition) is 7. The van der Waals surface area contributed by atoms with Gasteiger partial charge in [-0.2, -0.15) is 4.99 Å². The summed E-state index contributed by atoms with van der Waals surface area (Å²) in [4.78, 5) is 15.6. The van der Waals surface area contributed by atoms with Crippen LogP contribution in [0, 0.1) is 0 Å². The third-order valence-electron chi connectivity index (χ3n) is 4.97. The highest BCUT2D eigenvalue weighted by Gasteiger charge is 2.43. The Balaban J connectivity index is 1.92. The first-order valence-corrected chi connectivity index (χ1v) is 8.56. The maximum absolute atomic E-state index is 6.32. The van der Waals surface area contributed by atoms with Crippen molar-refractivity contribution in [3.05, 3.63) is 30.3 Å². The number of hydrogen-bond donors (Lipinski definition) is 2. The second kappa shape index (κ2) is 5.91. The minimum absolute atomic E-state index is 0.251. The monoisotopic (exact) mass is 338 g/mol. The van der Waals surface area contributed by atoms with E-state index in [-0.39, 0.29) is 5.96 Å². The van der Waals surface area contributed by atoms with E-state index in [0.29, 0.717) is 11.8 Å². The predicted molar refractivity (Wildman–Crippen MR) is 99.8 cm³/mol. The molecule has 0 bridgehead atoms. The average Bonchev–Trinajstić information content (AvgIpc) is 2.61. The van der Waals surface area contributed by atoms with Gasteiger partial charge < -0.3 is 16.2 Å². The fourth-order valence-electron chi connectivity index (χ4n) is 3.88. The van der Waals surface area contributed by atoms with E-state index in [1.54, 1.807) is 7.11 Å². The molecule has 1 aromatic heterocycles. The quantitative estimate of drug-likeness (QED) is 0.875. The highest BCUT2D eigenvalue weighted by atomic mass is 16.5. The lowest BCUT2D eigenvalue weighted by molar-refractivity contribution is 0.306. The van der Waals surface area contributed by atoms with Gasteiger partial charge in [-0.3, -0.25) is 4.90 Å². The first-order valence-electron chi connectivity index (χ1n) is 8.56. The van der Waals surface area contributed by atoms with Crippen LogP contribution in [-0.2, 0) is 0 Å².